The fourth-order valence-corrected chi connectivity index (χ4v) is 6.74. The van der Waals surface area contributed by atoms with Gasteiger partial charge in [0.2, 0.25) is 0 Å². The van der Waals surface area contributed by atoms with Crippen LogP contribution in [0.15, 0.2) is 58.8 Å². The number of hydrogen-bond acceptors (Lipinski definition) is 5. The molecule has 1 aromatic heterocycles. The number of rotatable bonds is 5. The molecule has 2 aromatic carbocycles. The van der Waals surface area contributed by atoms with E-state index in [-0.39, 0.29) is 10.7 Å². The number of sulfone groups is 1. The molecule has 0 N–H and O–H groups in total. The molecule has 0 radical (unpaired) electrons. The third-order valence-electron chi connectivity index (χ3n) is 6.25. The maximum Gasteiger partial charge on any atom is 0.185 e. The van der Waals surface area contributed by atoms with Crippen molar-refractivity contribution in [2.24, 2.45) is 0 Å². The van der Waals surface area contributed by atoms with E-state index < -0.39 is 9.84 Å². The Hall–Kier alpha value is -2.18. The second kappa shape index (κ2) is 8.99. The second-order valence-electron chi connectivity index (χ2n) is 9.79. The average Bonchev–Trinajstić information content (AvgIpc) is 3.23. The molecule has 170 valence electrons. The summed E-state index contributed by atoms with van der Waals surface area (Å²) in [6.45, 7) is 9.95. The molecule has 1 aliphatic heterocycles. The van der Waals surface area contributed by atoms with Gasteiger partial charge < -0.3 is 4.90 Å². The van der Waals surface area contributed by atoms with Gasteiger partial charge in [-0.05, 0) is 48.4 Å². The molecule has 1 aliphatic rings. The van der Waals surface area contributed by atoms with Gasteiger partial charge in [0, 0.05) is 24.9 Å². The summed E-state index contributed by atoms with van der Waals surface area (Å²) in [4.78, 5) is 7.50. The van der Waals surface area contributed by atoms with E-state index >= 15 is 0 Å². The zero-order valence-electron chi connectivity index (χ0n) is 19.3. The molecule has 1 saturated heterocycles. The number of aromatic nitrogens is 1. The highest BCUT2D eigenvalue weighted by atomic mass is 32.2. The largest absolute Gasteiger partial charge is 0.348 e. The molecule has 4 rings (SSSR count). The van der Waals surface area contributed by atoms with Crippen molar-refractivity contribution < 1.29 is 8.42 Å². The number of nitrogens with zero attached hydrogens (tertiary/aromatic N) is 2. The number of anilines is 1. The van der Waals surface area contributed by atoms with Crippen molar-refractivity contribution in [3.05, 3.63) is 76.3 Å². The fourth-order valence-electron chi connectivity index (χ4n) is 4.13. The smallest absolute Gasteiger partial charge is 0.185 e. The molecular weight excluding hydrogens is 436 g/mol. The number of benzene rings is 2. The van der Waals surface area contributed by atoms with Gasteiger partial charge in [-0.1, -0.05) is 62.7 Å². The van der Waals surface area contributed by atoms with Crippen LogP contribution in [0.2, 0.25) is 0 Å². The minimum absolute atomic E-state index is 0.0135. The predicted octanol–water partition coefficient (Wildman–Crippen LogP) is 5.78. The Morgan fingerprint density at radius 1 is 1.00 bits per heavy atom. The third-order valence-corrected chi connectivity index (χ3v) is 9.47. The second-order valence-corrected chi connectivity index (χ2v) is 12.9. The molecule has 0 spiro atoms. The molecule has 0 saturated carbocycles. The number of hydrogen-bond donors (Lipinski definition) is 0. The van der Waals surface area contributed by atoms with Crippen LogP contribution in [0.1, 0.15) is 56.0 Å². The summed E-state index contributed by atoms with van der Waals surface area (Å²) < 4.78 is 26.4. The van der Waals surface area contributed by atoms with Crippen LogP contribution in [0.3, 0.4) is 0 Å². The maximum atomic E-state index is 13.2. The summed E-state index contributed by atoms with van der Waals surface area (Å²) in [5.74, 6) is 0. The molecule has 0 aliphatic carbocycles. The van der Waals surface area contributed by atoms with Crippen LogP contribution in [0, 0.1) is 6.92 Å². The fraction of sp³-hybridized carbons (Fsp3) is 0.423. The van der Waals surface area contributed by atoms with E-state index in [1.165, 1.54) is 11.1 Å². The van der Waals surface area contributed by atoms with Crippen molar-refractivity contribution in [3.8, 4) is 0 Å². The molecule has 0 atom stereocenters. The minimum atomic E-state index is -3.31. The summed E-state index contributed by atoms with van der Waals surface area (Å²) in [6.07, 6.45) is 2.10. The summed E-state index contributed by atoms with van der Waals surface area (Å²) in [5.41, 5.74) is 4.75. The number of thiazole rings is 1. The van der Waals surface area contributed by atoms with Crippen molar-refractivity contribution in [3.63, 3.8) is 0 Å². The van der Waals surface area contributed by atoms with Crippen LogP contribution in [0.5, 0.6) is 0 Å². The molecule has 4 nitrogen and oxygen atoms in total. The van der Waals surface area contributed by atoms with Gasteiger partial charge in [0.05, 0.1) is 15.8 Å². The first-order chi connectivity index (χ1) is 15.1. The molecule has 0 amide bonds. The molecule has 0 unspecified atom stereocenters. The maximum absolute atomic E-state index is 13.2. The van der Waals surface area contributed by atoms with Crippen LogP contribution in [0.25, 0.3) is 0 Å². The zero-order valence-corrected chi connectivity index (χ0v) is 21.0. The average molecular weight is 469 g/mol. The van der Waals surface area contributed by atoms with Gasteiger partial charge in [-0.25, -0.2) is 13.4 Å². The lowest BCUT2D eigenvalue weighted by atomic mass is 9.87. The van der Waals surface area contributed by atoms with Gasteiger partial charge in [-0.3, -0.25) is 0 Å². The van der Waals surface area contributed by atoms with Crippen molar-refractivity contribution in [1.82, 2.24) is 4.98 Å². The van der Waals surface area contributed by atoms with E-state index in [0.717, 1.165) is 35.9 Å². The van der Waals surface area contributed by atoms with E-state index in [1.54, 1.807) is 23.5 Å². The Balaban J connectivity index is 1.38. The summed E-state index contributed by atoms with van der Waals surface area (Å²) in [5, 5.41) is 2.79. The quantitative estimate of drug-likeness (QED) is 0.476. The monoisotopic (exact) mass is 468 g/mol. The van der Waals surface area contributed by atoms with E-state index in [0.29, 0.717) is 17.7 Å². The Kier molecular flexibility index (Phi) is 6.46. The van der Waals surface area contributed by atoms with E-state index in [4.69, 9.17) is 4.98 Å². The lowest BCUT2D eigenvalue weighted by Crippen LogP contribution is -2.39. The van der Waals surface area contributed by atoms with Gasteiger partial charge in [0.15, 0.2) is 15.0 Å². The molecule has 1 fully saturated rings. The Bertz CT molecular complexity index is 1150. The highest BCUT2D eigenvalue weighted by molar-refractivity contribution is 7.92. The zero-order chi connectivity index (χ0) is 22.9. The highest BCUT2D eigenvalue weighted by Crippen LogP contribution is 2.31. The highest BCUT2D eigenvalue weighted by Gasteiger charge is 2.32. The van der Waals surface area contributed by atoms with Gasteiger partial charge in [-0.15, -0.1) is 11.3 Å². The Morgan fingerprint density at radius 2 is 1.62 bits per heavy atom. The lowest BCUT2D eigenvalue weighted by Gasteiger charge is -2.31. The van der Waals surface area contributed by atoms with Gasteiger partial charge in [0.1, 0.15) is 0 Å². The van der Waals surface area contributed by atoms with Crippen LogP contribution < -0.4 is 4.90 Å². The Morgan fingerprint density at radius 3 is 2.22 bits per heavy atom. The third kappa shape index (κ3) is 5.07. The van der Waals surface area contributed by atoms with Gasteiger partial charge >= 0.3 is 0 Å². The van der Waals surface area contributed by atoms with Crippen molar-refractivity contribution in [2.45, 2.75) is 62.5 Å². The number of piperidine rings is 1. The van der Waals surface area contributed by atoms with Crippen LogP contribution in [0.4, 0.5) is 5.13 Å². The summed E-state index contributed by atoms with van der Waals surface area (Å²) in [7, 11) is -3.31. The predicted molar refractivity (Wildman–Crippen MR) is 134 cm³/mol. The molecule has 32 heavy (non-hydrogen) atoms. The van der Waals surface area contributed by atoms with E-state index in [2.05, 4.69) is 62.2 Å². The molecule has 6 heteroatoms. The summed E-state index contributed by atoms with van der Waals surface area (Å²) >= 11 is 1.65. The summed E-state index contributed by atoms with van der Waals surface area (Å²) in [6, 6.07) is 16.0. The number of aryl methyl sites for hydroxylation is 1. The first-order valence-electron chi connectivity index (χ1n) is 11.2. The molecule has 3 aromatic rings. The Labute approximate surface area is 196 Å². The van der Waals surface area contributed by atoms with Gasteiger partial charge in [0.25, 0.3) is 0 Å². The molecular formula is C26H32N2O2S2. The lowest BCUT2D eigenvalue weighted by molar-refractivity contribution is 0.529. The van der Waals surface area contributed by atoms with Crippen molar-refractivity contribution >= 4 is 26.3 Å². The SMILES string of the molecule is Cc1ccc(Cc2csc(N3CCC(S(=O)(=O)c4ccc(C(C)(C)C)cc4)CC3)n2)cc1. The van der Waals surface area contributed by atoms with Crippen LogP contribution in [-0.2, 0) is 21.7 Å². The normalized spacial score (nSPS) is 15.8. The minimum Gasteiger partial charge on any atom is -0.348 e. The van der Waals surface area contributed by atoms with Crippen molar-refractivity contribution in [2.75, 3.05) is 18.0 Å². The van der Waals surface area contributed by atoms with Crippen LogP contribution >= 0.6 is 11.3 Å². The topological polar surface area (TPSA) is 50.3 Å². The van der Waals surface area contributed by atoms with Crippen molar-refractivity contribution in [1.29, 1.82) is 0 Å². The molecule has 2 heterocycles. The standard InChI is InChI=1S/C26H32N2O2S2/c1-19-5-7-20(8-6-19)17-22-18-31-25(27-22)28-15-13-24(14-16-28)32(29,30)23-11-9-21(10-12-23)26(2,3)4/h5-12,18,24H,13-17H2,1-4H3. The van der Waals surface area contributed by atoms with Gasteiger partial charge in [-0.2, -0.15) is 0 Å². The molecule has 0 bridgehead atoms. The van der Waals surface area contributed by atoms with E-state index in [9.17, 15) is 8.42 Å². The van der Waals surface area contributed by atoms with Crippen LogP contribution in [-0.4, -0.2) is 31.7 Å². The first kappa shape index (κ1) is 23.0. The van der Waals surface area contributed by atoms with E-state index in [1.807, 2.05) is 12.1 Å². The first-order valence-corrected chi connectivity index (χ1v) is 13.6.